The molecular weight excluding hydrogens is 458 g/mol. The second-order valence-corrected chi connectivity index (χ2v) is 7.78. The van der Waals surface area contributed by atoms with Gasteiger partial charge in [0.25, 0.3) is 0 Å². The number of benzene rings is 2. The number of para-hydroxylation sites is 1. The standard InChI is InChI=1S/C28H25N3O5/c1-2-31(15-16-35-28(34)14-13-27(32)33)22-10-7-20(8-11-22)9-12-23-17-25(21(18-29)19-30)24-5-3-4-6-26(24)36-23/h3-12,17H,2,13-16H2,1H3,(H,32,33)/b12-9+. The van der Waals surface area contributed by atoms with Crippen LogP contribution in [0.4, 0.5) is 5.69 Å². The van der Waals surface area contributed by atoms with Crippen LogP contribution in [-0.2, 0) is 14.3 Å². The first-order valence-electron chi connectivity index (χ1n) is 11.4. The molecule has 0 radical (unpaired) electrons. The molecule has 0 aromatic heterocycles. The number of rotatable bonds is 10. The Morgan fingerprint density at radius 3 is 2.44 bits per heavy atom. The van der Waals surface area contributed by atoms with Crippen LogP contribution in [0.15, 0.2) is 72.0 Å². The minimum Gasteiger partial charge on any atom is -0.481 e. The molecule has 0 amide bonds. The third-order valence-electron chi connectivity index (χ3n) is 5.43. The molecule has 1 heterocycles. The Hall–Kier alpha value is -4.82. The molecule has 2 aromatic carbocycles. The van der Waals surface area contributed by atoms with E-state index in [0.717, 1.165) is 11.3 Å². The molecular formula is C28H25N3O5. The van der Waals surface area contributed by atoms with Crippen LogP contribution >= 0.6 is 0 Å². The Kier molecular flexibility index (Phi) is 9.02. The Balaban J connectivity index is 1.66. The lowest BCUT2D eigenvalue weighted by atomic mass is 9.97. The molecule has 8 nitrogen and oxygen atoms in total. The van der Waals surface area contributed by atoms with Crippen LogP contribution in [-0.4, -0.2) is 36.7 Å². The minimum atomic E-state index is -1.03. The van der Waals surface area contributed by atoms with Gasteiger partial charge in [0.15, 0.2) is 0 Å². The fourth-order valence-electron chi connectivity index (χ4n) is 3.58. The topological polar surface area (TPSA) is 124 Å². The van der Waals surface area contributed by atoms with Gasteiger partial charge in [-0.15, -0.1) is 0 Å². The molecule has 36 heavy (non-hydrogen) atoms. The molecule has 1 N–H and O–H groups in total. The van der Waals surface area contributed by atoms with E-state index in [9.17, 15) is 20.1 Å². The van der Waals surface area contributed by atoms with E-state index < -0.39 is 11.9 Å². The normalized spacial score (nSPS) is 12.0. The van der Waals surface area contributed by atoms with Gasteiger partial charge in [-0.1, -0.05) is 36.4 Å². The number of hydrogen-bond acceptors (Lipinski definition) is 7. The van der Waals surface area contributed by atoms with Crippen LogP contribution in [0.25, 0.3) is 11.6 Å². The van der Waals surface area contributed by atoms with Gasteiger partial charge in [0.05, 0.1) is 19.4 Å². The highest BCUT2D eigenvalue weighted by Crippen LogP contribution is 2.35. The first kappa shape index (κ1) is 25.8. The molecule has 8 heteroatoms. The Labute approximate surface area is 209 Å². The highest BCUT2D eigenvalue weighted by atomic mass is 16.5. The Bertz CT molecular complexity index is 1280. The molecule has 0 atom stereocenters. The summed E-state index contributed by atoms with van der Waals surface area (Å²) in [4.78, 5) is 24.2. The molecule has 1 aliphatic rings. The fourth-order valence-corrected chi connectivity index (χ4v) is 3.58. The summed E-state index contributed by atoms with van der Waals surface area (Å²) in [5, 5.41) is 27.3. The maximum atomic E-state index is 11.6. The Morgan fingerprint density at radius 2 is 1.78 bits per heavy atom. The van der Waals surface area contributed by atoms with Crippen molar-refractivity contribution in [3.05, 3.63) is 83.1 Å². The number of carboxylic acid groups (broad SMARTS) is 1. The zero-order valence-corrected chi connectivity index (χ0v) is 19.8. The summed E-state index contributed by atoms with van der Waals surface area (Å²) in [5.41, 5.74) is 3.12. The van der Waals surface area contributed by atoms with Crippen LogP contribution < -0.4 is 9.64 Å². The van der Waals surface area contributed by atoms with E-state index in [1.807, 2.05) is 72.5 Å². The number of carboxylic acids is 1. The summed E-state index contributed by atoms with van der Waals surface area (Å²) < 4.78 is 11.1. The number of fused-ring (bicyclic) bond motifs is 1. The molecule has 0 fully saturated rings. The van der Waals surface area contributed by atoms with E-state index in [-0.39, 0.29) is 25.0 Å². The van der Waals surface area contributed by atoms with E-state index in [2.05, 4.69) is 0 Å². The van der Waals surface area contributed by atoms with Crippen molar-refractivity contribution < 1.29 is 24.2 Å². The molecule has 2 aromatic rings. The van der Waals surface area contributed by atoms with Crippen LogP contribution in [0.3, 0.4) is 0 Å². The van der Waals surface area contributed by atoms with Gasteiger partial charge in [-0.05, 0) is 42.8 Å². The predicted octanol–water partition coefficient (Wildman–Crippen LogP) is 4.71. The number of nitrogens with zero attached hydrogens (tertiary/aromatic N) is 3. The van der Waals surface area contributed by atoms with Crippen molar-refractivity contribution in [2.45, 2.75) is 19.8 Å². The lowest BCUT2D eigenvalue weighted by molar-refractivity contribution is -0.147. The summed E-state index contributed by atoms with van der Waals surface area (Å²) in [6, 6.07) is 18.9. The first-order chi connectivity index (χ1) is 17.4. The van der Waals surface area contributed by atoms with Gasteiger partial charge in [-0.25, -0.2) is 0 Å². The SMILES string of the molecule is CCN(CCOC(=O)CCC(=O)O)c1ccc(/C=C/C2=CC(=C(C#N)C#N)c3ccccc3O2)cc1. The molecule has 1 aliphatic heterocycles. The van der Waals surface area contributed by atoms with Crippen molar-refractivity contribution in [3.8, 4) is 17.9 Å². The summed E-state index contributed by atoms with van der Waals surface area (Å²) in [6.45, 7) is 3.36. The van der Waals surface area contributed by atoms with Crippen LogP contribution in [0.5, 0.6) is 5.75 Å². The maximum Gasteiger partial charge on any atom is 0.306 e. The highest BCUT2D eigenvalue weighted by molar-refractivity contribution is 5.87. The number of likely N-dealkylation sites (N-methyl/N-ethyl adjacent to an activating group) is 1. The molecule has 0 spiro atoms. The Morgan fingerprint density at radius 1 is 1.06 bits per heavy atom. The zero-order chi connectivity index (χ0) is 25.9. The summed E-state index contributed by atoms with van der Waals surface area (Å²) in [7, 11) is 0. The van der Waals surface area contributed by atoms with Crippen molar-refractivity contribution in [3.63, 3.8) is 0 Å². The quantitative estimate of drug-likeness (QED) is 0.381. The van der Waals surface area contributed by atoms with E-state index >= 15 is 0 Å². The van der Waals surface area contributed by atoms with Gasteiger partial charge >= 0.3 is 11.9 Å². The summed E-state index contributed by atoms with van der Waals surface area (Å²) >= 11 is 0. The third kappa shape index (κ3) is 6.85. The van der Waals surface area contributed by atoms with Gasteiger partial charge in [0.1, 0.15) is 35.8 Å². The van der Waals surface area contributed by atoms with Gasteiger partial charge in [-0.2, -0.15) is 10.5 Å². The minimum absolute atomic E-state index is 0.0215. The number of carbonyl (C=O) groups excluding carboxylic acids is 1. The lowest BCUT2D eigenvalue weighted by Gasteiger charge is -2.23. The molecule has 0 aliphatic carbocycles. The molecule has 182 valence electrons. The van der Waals surface area contributed by atoms with E-state index in [4.69, 9.17) is 14.6 Å². The average molecular weight is 484 g/mol. The zero-order valence-electron chi connectivity index (χ0n) is 19.8. The lowest BCUT2D eigenvalue weighted by Crippen LogP contribution is -2.28. The van der Waals surface area contributed by atoms with E-state index in [1.165, 1.54) is 0 Å². The van der Waals surface area contributed by atoms with Gasteiger partial charge in [0, 0.05) is 23.4 Å². The number of nitriles is 2. The number of anilines is 1. The highest BCUT2D eigenvalue weighted by Gasteiger charge is 2.18. The third-order valence-corrected chi connectivity index (χ3v) is 5.43. The number of aliphatic carboxylic acids is 1. The average Bonchev–Trinajstić information content (AvgIpc) is 2.90. The first-order valence-corrected chi connectivity index (χ1v) is 11.4. The van der Waals surface area contributed by atoms with Crippen molar-refractivity contribution in [2.75, 3.05) is 24.6 Å². The van der Waals surface area contributed by atoms with Crippen molar-refractivity contribution in [2.24, 2.45) is 0 Å². The van der Waals surface area contributed by atoms with Crippen LogP contribution in [0.1, 0.15) is 30.9 Å². The molecule has 3 rings (SSSR count). The van der Waals surface area contributed by atoms with Crippen molar-refractivity contribution in [1.82, 2.24) is 0 Å². The smallest absolute Gasteiger partial charge is 0.306 e. The van der Waals surface area contributed by atoms with Crippen molar-refractivity contribution in [1.29, 1.82) is 10.5 Å². The van der Waals surface area contributed by atoms with Gasteiger partial charge < -0.3 is 19.5 Å². The number of ether oxygens (including phenoxy) is 2. The number of allylic oxidation sites excluding steroid dienone is 4. The van der Waals surface area contributed by atoms with Crippen LogP contribution in [0, 0.1) is 22.7 Å². The van der Waals surface area contributed by atoms with Gasteiger partial charge in [0.2, 0.25) is 0 Å². The summed E-state index contributed by atoms with van der Waals surface area (Å²) in [6.07, 6.45) is 4.96. The maximum absolute atomic E-state index is 11.6. The van der Waals surface area contributed by atoms with Crippen molar-refractivity contribution >= 4 is 29.3 Å². The number of carbonyl (C=O) groups is 2. The molecule has 0 saturated carbocycles. The second kappa shape index (κ2) is 12.6. The fraction of sp³-hybridized carbons (Fsp3) is 0.214. The largest absolute Gasteiger partial charge is 0.481 e. The number of hydrogen-bond donors (Lipinski definition) is 1. The second-order valence-electron chi connectivity index (χ2n) is 7.78. The van der Waals surface area contributed by atoms with E-state index in [0.29, 0.717) is 35.7 Å². The summed E-state index contributed by atoms with van der Waals surface area (Å²) in [5.74, 6) is -0.463. The van der Waals surface area contributed by atoms with Gasteiger partial charge in [-0.3, -0.25) is 9.59 Å². The van der Waals surface area contributed by atoms with Crippen LogP contribution in [0.2, 0.25) is 0 Å². The monoisotopic (exact) mass is 483 g/mol. The molecule has 0 unspecified atom stereocenters. The number of esters is 1. The predicted molar refractivity (Wildman–Crippen MR) is 134 cm³/mol. The molecule has 0 bridgehead atoms. The molecule has 0 saturated heterocycles. The van der Waals surface area contributed by atoms with E-state index in [1.54, 1.807) is 18.2 Å².